The predicted octanol–water partition coefficient (Wildman–Crippen LogP) is 3.93. The first-order valence-corrected chi connectivity index (χ1v) is 8.62. The van der Waals surface area contributed by atoms with Gasteiger partial charge in [0.2, 0.25) is 5.91 Å². The highest BCUT2D eigenvalue weighted by Gasteiger charge is 2.36. The minimum Gasteiger partial charge on any atom is -0.496 e. The smallest absolute Gasteiger partial charge is 0.249 e. The highest BCUT2D eigenvalue weighted by molar-refractivity contribution is 9.10. The number of hydrogen-bond acceptors (Lipinski definition) is 4. The van der Waals surface area contributed by atoms with E-state index in [1.165, 1.54) is 17.7 Å². The normalized spacial score (nSPS) is 20.3. The number of hydroxylamine groups is 2. The second-order valence-corrected chi connectivity index (χ2v) is 6.84. The molecule has 1 aromatic rings. The van der Waals surface area contributed by atoms with E-state index in [0.717, 1.165) is 22.9 Å². The van der Waals surface area contributed by atoms with Crippen LogP contribution in [0.15, 0.2) is 28.3 Å². The molecule has 0 spiro atoms. The third kappa shape index (κ3) is 3.75. The minimum atomic E-state index is -0.220. The maximum Gasteiger partial charge on any atom is 0.249 e. The number of benzene rings is 1. The van der Waals surface area contributed by atoms with Gasteiger partial charge in [0.05, 0.1) is 27.2 Å². The Morgan fingerprint density at radius 1 is 1.21 bits per heavy atom. The Morgan fingerprint density at radius 2 is 1.79 bits per heavy atom. The van der Waals surface area contributed by atoms with Gasteiger partial charge in [0.25, 0.3) is 0 Å². The molecule has 0 N–H and O–H groups in total. The summed E-state index contributed by atoms with van der Waals surface area (Å²) in [5, 5.41) is 1.30. The fourth-order valence-corrected chi connectivity index (χ4v) is 3.61. The van der Waals surface area contributed by atoms with Crippen LogP contribution in [0, 0.1) is 5.92 Å². The Balaban J connectivity index is 2.57. The van der Waals surface area contributed by atoms with Gasteiger partial charge in [0, 0.05) is 23.0 Å². The molecule has 0 saturated heterocycles. The molecule has 1 aliphatic carbocycles. The molecule has 6 heteroatoms. The van der Waals surface area contributed by atoms with Gasteiger partial charge in [-0.25, -0.2) is 5.06 Å². The molecule has 132 valence electrons. The average Bonchev–Trinajstić information content (AvgIpc) is 2.59. The number of hydrogen-bond donors (Lipinski definition) is 0. The summed E-state index contributed by atoms with van der Waals surface area (Å²) < 4.78 is 12.0. The summed E-state index contributed by atoms with van der Waals surface area (Å²) in [6.07, 6.45) is 3.80. The number of halogens is 1. The van der Waals surface area contributed by atoms with Gasteiger partial charge in [-0.15, -0.1) is 0 Å². The van der Waals surface area contributed by atoms with Crippen molar-refractivity contribution >= 4 is 21.8 Å². The fraction of sp³-hybridized carbons (Fsp3) is 0.500. The Morgan fingerprint density at radius 3 is 2.29 bits per heavy atom. The number of carbonyl (C=O) groups excluding carboxylic acids is 1. The number of allylic oxidation sites excluding steroid dienone is 2. The van der Waals surface area contributed by atoms with Gasteiger partial charge in [0.1, 0.15) is 11.5 Å². The van der Waals surface area contributed by atoms with Crippen molar-refractivity contribution in [1.82, 2.24) is 5.06 Å². The molecule has 1 amide bonds. The highest BCUT2D eigenvalue weighted by Crippen LogP contribution is 2.46. The van der Waals surface area contributed by atoms with Crippen LogP contribution in [0.2, 0.25) is 0 Å². The quantitative estimate of drug-likeness (QED) is 0.557. The number of ether oxygens (including phenoxy) is 2. The van der Waals surface area contributed by atoms with E-state index in [1.54, 1.807) is 21.3 Å². The van der Waals surface area contributed by atoms with Crippen LogP contribution in [0.3, 0.4) is 0 Å². The number of nitrogens with zero attached hydrogens (tertiary/aromatic N) is 1. The molecule has 1 aromatic carbocycles. The van der Waals surface area contributed by atoms with Crippen LogP contribution in [-0.2, 0) is 9.63 Å². The molecular formula is C18H24BrNO4. The van der Waals surface area contributed by atoms with E-state index >= 15 is 0 Å². The molecule has 0 aliphatic heterocycles. The summed E-state index contributed by atoms with van der Waals surface area (Å²) in [5.74, 6) is 1.02. The zero-order valence-corrected chi connectivity index (χ0v) is 16.3. The predicted molar refractivity (Wildman–Crippen MR) is 96.2 cm³/mol. The molecule has 0 radical (unpaired) electrons. The van der Waals surface area contributed by atoms with E-state index in [1.807, 2.05) is 12.1 Å². The van der Waals surface area contributed by atoms with Crippen LogP contribution < -0.4 is 9.47 Å². The summed E-state index contributed by atoms with van der Waals surface area (Å²) in [7, 11) is 6.39. The van der Waals surface area contributed by atoms with Crippen LogP contribution in [0.4, 0.5) is 0 Å². The molecule has 0 saturated carbocycles. The minimum absolute atomic E-state index is 0.0433. The van der Waals surface area contributed by atoms with E-state index in [9.17, 15) is 4.79 Å². The highest BCUT2D eigenvalue weighted by atomic mass is 79.9. The zero-order chi connectivity index (χ0) is 17.9. The lowest BCUT2D eigenvalue weighted by Gasteiger charge is -2.32. The summed E-state index contributed by atoms with van der Waals surface area (Å²) >= 11 is 3.47. The lowest BCUT2D eigenvalue weighted by Crippen LogP contribution is -2.36. The summed E-state index contributed by atoms with van der Waals surface area (Å²) in [6, 6.07) is 3.80. The van der Waals surface area contributed by atoms with Crippen molar-refractivity contribution in [2.75, 3.05) is 28.4 Å². The van der Waals surface area contributed by atoms with E-state index < -0.39 is 0 Å². The van der Waals surface area contributed by atoms with Crippen LogP contribution in [0.1, 0.15) is 31.2 Å². The van der Waals surface area contributed by atoms with Crippen LogP contribution in [-0.4, -0.2) is 39.3 Å². The van der Waals surface area contributed by atoms with Gasteiger partial charge < -0.3 is 9.47 Å². The van der Waals surface area contributed by atoms with Crippen molar-refractivity contribution in [2.24, 2.45) is 5.92 Å². The molecule has 1 aliphatic rings. The van der Waals surface area contributed by atoms with Crippen molar-refractivity contribution in [1.29, 1.82) is 0 Å². The van der Waals surface area contributed by atoms with E-state index in [0.29, 0.717) is 11.5 Å². The summed E-state index contributed by atoms with van der Waals surface area (Å²) in [6.45, 7) is 2.09. The molecule has 0 bridgehead atoms. The van der Waals surface area contributed by atoms with E-state index in [2.05, 4.69) is 28.9 Å². The average molecular weight is 398 g/mol. The van der Waals surface area contributed by atoms with Crippen molar-refractivity contribution in [2.45, 2.75) is 25.7 Å². The first kappa shape index (κ1) is 18.8. The Labute approximate surface area is 151 Å². The molecule has 2 rings (SSSR count). The standard InChI is InChI=1S/C18H24BrNO4/c1-11-6-7-13(18(21)20(2)24-5)14(8-11)17-15(22-3)9-12(19)10-16(17)23-4/h8-10,13-14H,6-7H2,1-5H3/t13-,14-/m1/s1. The van der Waals surface area contributed by atoms with Crippen LogP contribution >= 0.6 is 15.9 Å². The van der Waals surface area contributed by atoms with Crippen molar-refractivity contribution in [3.05, 3.63) is 33.8 Å². The molecule has 0 fully saturated rings. The van der Waals surface area contributed by atoms with E-state index in [-0.39, 0.29) is 17.7 Å². The Bertz CT molecular complexity index is 619. The lowest BCUT2D eigenvalue weighted by molar-refractivity contribution is -0.174. The van der Waals surface area contributed by atoms with Gasteiger partial charge in [-0.1, -0.05) is 27.6 Å². The molecular weight excluding hydrogens is 374 g/mol. The molecule has 0 aromatic heterocycles. The number of carbonyl (C=O) groups is 1. The maximum absolute atomic E-state index is 12.8. The van der Waals surface area contributed by atoms with Crippen LogP contribution in [0.5, 0.6) is 11.5 Å². The molecule has 24 heavy (non-hydrogen) atoms. The zero-order valence-electron chi connectivity index (χ0n) is 14.8. The first-order valence-electron chi connectivity index (χ1n) is 7.83. The van der Waals surface area contributed by atoms with Crippen molar-refractivity contribution in [3.8, 4) is 11.5 Å². The topological polar surface area (TPSA) is 48.0 Å². The van der Waals surface area contributed by atoms with Gasteiger partial charge in [-0.2, -0.15) is 0 Å². The molecule has 0 heterocycles. The largest absolute Gasteiger partial charge is 0.496 e. The van der Waals surface area contributed by atoms with Gasteiger partial charge in [0.15, 0.2) is 0 Å². The Hall–Kier alpha value is -1.53. The second kappa shape index (κ2) is 8.03. The lowest BCUT2D eigenvalue weighted by atomic mass is 9.76. The molecule has 2 atom stereocenters. The van der Waals surface area contributed by atoms with Crippen molar-refractivity contribution < 1.29 is 19.1 Å². The van der Waals surface area contributed by atoms with Gasteiger partial charge in [-0.3, -0.25) is 9.63 Å². The number of methoxy groups -OCH3 is 2. The number of amides is 1. The molecule has 5 nitrogen and oxygen atoms in total. The maximum atomic E-state index is 12.8. The SMILES string of the molecule is COc1cc(Br)cc(OC)c1[C@@H]1C=C(C)CC[C@H]1C(=O)N(C)OC. The van der Waals surface area contributed by atoms with Crippen LogP contribution in [0.25, 0.3) is 0 Å². The number of rotatable bonds is 5. The fourth-order valence-electron chi connectivity index (χ4n) is 3.19. The third-order valence-corrected chi connectivity index (χ3v) is 4.95. The molecule has 0 unspecified atom stereocenters. The monoisotopic (exact) mass is 397 g/mol. The van der Waals surface area contributed by atoms with E-state index in [4.69, 9.17) is 14.3 Å². The first-order chi connectivity index (χ1) is 11.4. The van der Waals surface area contributed by atoms with Gasteiger partial charge >= 0.3 is 0 Å². The Kier molecular flexibility index (Phi) is 6.29. The second-order valence-electron chi connectivity index (χ2n) is 5.93. The summed E-state index contributed by atoms with van der Waals surface area (Å²) in [4.78, 5) is 17.9. The summed E-state index contributed by atoms with van der Waals surface area (Å²) in [5.41, 5.74) is 2.15. The van der Waals surface area contributed by atoms with Gasteiger partial charge in [-0.05, 0) is 31.9 Å². The van der Waals surface area contributed by atoms with Crippen molar-refractivity contribution in [3.63, 3.8) is 0 Å². The third-order valence-electron chi connectivity index (χ3n) is 4.49.